The minimum absolute atomic E-state index is 0.0924. The van der Waals surface area contributed by atoms with Crippen LogP contribution in [0.15, 0.2) is 84.9 Å². The molecule has 4 aromatic carbocycles. The van der Waals surface area contributed by atoms with E-state index in [1.807, 2.05) is 58.9 Å². The molecule has 0 aliphatic carbocycles. The van der Waals surface area contributed by atoms with E-state index >= 15 is 0 Å². The fourth-order valence-corrected chi connectivity index (χ4v) is 9.90. The van der Waals surface area contributed by atoms with Crippen molar-refractivity contribution >= 4 is 18.1 Å². The summed E-state index contributed by atoms with van der Waals surface area (Å²) in [5.74, 6) is 1.47. The van der Waals surface area contributed by atoms with Crippen molar-refractivity contribution < 1.29 is 44.2 Å². The number of esters is 1. The molecule has 71 heavy (non-hydrogen) atoms. The summed E-state index contributed by atoms with van der Waals surface area (Å²) in [7, 11) is 0. The van der Waals surface area contributed by atoms with Crippen LogP contribution in [0.2, 0.25) is 0 Å². The van der Waals surface area contributed by atoms with Gasteiger partial charge in [-0.3, -0.25) is 4.79 Å². The van der Waals surface area contributed by atoms with Gasteiger partial charge in [0.05, 0.1) is 23.9 Å². The van der Waals surface area contributed by atoms with E-state index in [2.05, 4.69) is 121 Å². The Hall–Kier alpha value is -4.77. The second-order valence-corrected chi connectivity index (χ2v) is 19.7. The minimum atomic E-state index is -0.758. The van der Waals surface area contributed by atoms with E-state index in [1.54, 1.807) is 0 Å². The van der Waals surface area contributed by atoms with Gasteiger partial charge in [0.1, 0.15) is 37.6 Å². The number of ether oxygens (including phenoxy) is 4. The Balaban J connectivity index is 0.000000309. The highest BCUT2D eigenvalue weighted by molar-refractivity contribution is 5.71. The van der Waals surface area contributed by atoms with E-state index in [9.17, 15) is 20.1 Å². The molecule has 5 rings (SSSR count). The van der Waals surface area contributed by atoms with Crippen LogP contribution in [-0.2, 0) is 25.1 Å². The zero-order valence-corrected chi connectivity index (χ0v) is 45.3. The van der Waals surface area contributed by atoms with Gasteiger partial charge in [-0.15, -0.1) is 0 Å². The standard InChI is InChI=1S/C31H46O5.C31H42O4/c1-7-30(34,8-2)17-15-25-11-12-26(19-23(25)5)31(9-3,10-4)27-13-14-29(24(6)20-27)36-21-28(33)16-18-35-22-32;1-7-30(33,8-2)18-17-24-11-12-25(19-22(24)5)31(9-3,10-4)26-13-15-28(23(6)20-26)34-21-27-14-16-29(32)35-27/h11-15,17,19-20,28,32-34H,7-10,16,18,21-22H2,1-6H3;11-13,15,17-20,27,33H,7-10,14,16,21H2,1-6H3/b17-15+;18-17+/t28-;27-/m00/s1. The maximum absolute atomic E-state index is 11.3. The monoisotopic (exact) mass is 977 g/mol. The molecule has 0 amide bonds. The summed E-state index contributed by atoms with van der Waals surface area (Å²) in [6, 6.07) is 26.2. The van der Waals surface area contributed by atoms with Crippen LogP contribution in [-0.4, -0.2) is 76.4 Å². The zero-order valence-electron chi connectivity index (χ0n) is 45.3. The summed E-state index contributed by atoms with van der Waals surface area (Å²) in [6.07, 6.45) is 15.5. The van der Waals surface area contributed by atoms with Gasteiger partial charge in [0.25, 0.3) is 0 Å². The molecule has 0 unspecified atom stereocenters. The normalized spacial score (nSPS) is 15.0. The van der Waals surface area contributed by atoms with Crippen molar-refractivity contribution in [1.29, 1.82) is 0 Å². The number of carbonyl (C=O) groups is 1. The van der Waals surface area contributed by atoms with Gasteiger partial charge in [-0.05, 0) is 153 Å². The lowest BCUT2D eigenvalue weighted by atomic mass is 9.70. The van der Waals surface area contributed by atoms with Crippen LogP contribution < -0.4 is 9.47 Å². The van der Waals surface area contributed by atoms with E-state index in [4.69, 9.17) is 24.1 Å². The average Bonchev–Trinajstić information content (AvgIpc) is 3.80. The summed E-state index contributed by atoms with van der Waals surface area (Å²) >= 11 is 0. The molecule has 0 aromatic heterocycles. The van der Waals surface area contributed by atoms with Crippen molar-refractivity contribution in [3.05, 3.63) is 141 Å². The fourth-order valence-electron chi connectivity index (χ4n) is 9.90. The average molecular weight is 977 g/mol. The lowest BCUT2D eigenvalue weighted by Crippen LogP contribution is -2.26. The van der Waals surface area contributed by atoms with Crippen LogP contribution in [0, 0.1) is 27.7 Å². The third kappa shape index (κ3) is 15.1. The predicted molar refractivity (Wildman–Crippen MR) is 290 cm³/mol. The summed E-state index contributed by atoms with van der Waals surface area (Å²) in [5, 5.41) is 40.0. The second kappa shape index (κ2) is 27.3. The summed E-state index contributed by atoms with van der Waals surface area (Å²) in [6.45, 7) is 26.0. The van der Waals surface area contributed by atoms with Gasteiger partial charge < -0.3 is 39.4 Å². The highest BCUT2D eigenvalue weighted by atomic mass is 16.6. The Morgan fingerprint density at radius 3 is 1.37 bits per heavy atom. The second-order valence-electron chi connectivity index (χ2n) is 19.7. The Morgan fingerprint density at radius 1 is 0.606 bits per heavy atom. The van der Waals surface area contributed by atoms with E-state index in [0.717, 1.165) is 65.9 Å². The number of benzene rings is 4. The molecule has 1 fully saturated rings. The van der Waals surface area contributed by atoms with Gasteiger partial charge in [-0.1, -0.05) is 140 Å². The first-order valence-corrected chi connectivity index (χ1v) is 26.5. The van der Waals surface area contributed by atoms with Crippen LogP contribution in [0.25, 0.3) is 12.2 Å². The largest absolute Gasteiger partial charge is 0.491 e. The SMILES string of the molecule is CCC(O)(/C=C/c1ccc(C(CC)(CC)c2ccc(OC[C@@H](O)CCOCO)c(C)c2)cc1C)CC.CCC(O)(/C=C/c1ccc(C(CC)(CC)c2ccc(OC[C@@H]3CCC(=O)O3)c(C)c2)cc1C)CC. The molecule has 1 aliphatic heterocycles. The van der Waals surface area contributed by atoms with E-state index in [-0.39, 0.29) is 36.3 Å². The number of hydrogen-bond acceptors (Lipinski definition) is 9. The maximum Gasteiger partial charge on any atom is 0.306 e. The van der Waals surface area contributed by atoms with Gasteiger partial charge >= 0.3 is 5.97 Å². The number of rotatable bonds is 26. The molecule has 0 bridgehead atoms. The topological polar surface area (TPSA) is 135 Å². The highest BCUT2D eigenvalue weighted by Gasteiger charge is 2.33. The zero-order chi connectivity index (χ0) is 52.4. The van der Waals surface area contributed by atoms with Gasteiger partial charge in [0, 0.05) is 23.7 Å². The Labute approximate surface area is 427 Å². The number of carbonyl (C=O) groups excluding carboxylic acids is 1. The number of aliphatic hydroxyl groups is 4. The molecule has 390 valence electrons. The molecule has 0 saturated carbocycles. The Kier molecular flexibility index (Phi) is 22.6. The third-order valence-electron chi connectivity index (χ3n) is 15.6. The number of aryl methyl sites for hydroxylation is 4. The van der Waals surface area contributed by atoms with Crippen molar-refractivity contribution in [3.8, 4) is 11.5 Å². The van der Waals surface area contributed by atoms with Crippen LogP contribution in [0.3, 0.4) is 0 Å². The van der Waals surface area contributed by atoms with E-state index in [1.165, 1.54) is 33.4 Å². The molecular weight excluding hydrogens is 889 g/mol. The predicted octanol–water partition coefficient (Wildman–Crippen LogP) is 13.1. The third-order valence-corrected chi connectivity index (χ3v) is 15.6. The minimum Gasteiger partial charge on any atom is -0.491 e. The van der Waals surface area contributed by atoms with Gasteiger partial charge in [0.2, 0.25) is 0 Å². The molecule has 1 saturated heterocycles. The lowest BCUT2D eigenvalue weighted by molar-refractivity contribution is -0.142. The van der Waals surface area contributed by atoms with Crippen LogP contribution in [0.5, 0.6) is 11.5 Å². The number of aliphatic hydroxyl groups excluding tert-OH is 2. The van der Waals surface area contributed by atoms with Gasteiger partial charge in [-0.2, -0.15) is 0 Å². The molecule has 2 atom stereocenters. The first-order valence-electron chi connectivity index (χ1n) is 26.5. The Morgan fingerprint density at radius 2 is 1.01 bits per heavy atom. The molecule has 1 aliphatic rings. The van der Waals surface area contributed by atoms with Crippen molar-refractivity contribution in [2.45, 2.75) is 188 Å². The molecule has 9 heteroatoms. The molecular formula is C62H88O9. The van der Waals surface area contributed by atoms with Crippen LogP contribution in [0.4, 0.5) is 0 Å². The van der Waals surface area contributed by atoms with Crippen LogP contribution in [0.1, 0.15) is 182 Å². The number of cyclic esters (lactones) is 1. The first kappa shape index (κ1) is 58.8. The molecule has 1 heterocycles. The van der Waals surface area contributed by atoms with Gasteiger partial charge in [0.15, 0.2) is 0 Å². The summed E-state index contributed by atoms with van der Waals surface area (Å²) in [4.78, 5) is 11.3. The van der Waals surface area contributed by atoms with E-state index < -0.39 is 17.3 Å². The summed E-state index contributed by atoms with van der Waals surface area (Å²) < 4.78 is 22.1. The smallest absolute Gasteiger partial charge is 0.306 e. The van der Waals surface area contributed by atoms with Crippen molar-refractivity contribution in [3.63, 3.8) is 0 Å². The van der Waals surface area contributed by atoms with Crippen LogP contribution >= 0.6 is 0 Å². The fraction of sp³-hybridized carbons (Fsp3) is 0.532. The quantitative estimate of drug-likeness (QED) is 0.0276. The first-order chi connectivity index (χ1) is 33.9. The molecule has 4 N–H and O–H groups in total. The van der Waals surface area contributed by atoms with Crippen molar-refractivity contribution in [2.24, 2.45) is 0 Å². The molecule has 0 spiro atoms. The van der Waals surface area contributed by atoms with Gasteiger partial charge in [-0.25, -0.2) is 0 Å². The molecule has 0 radical (unpaired) electrons. The van der Waals surface area contributed by atoms with Crippen molar-refractivity contribution in [2.75, 3.05) is 26.6 Å². The Bertz CT molecular complexity index is 2340. The summed E-state index contributed by atoms with van der Waals surface area (Å²) in [5.41, 5.74) is 10.2. The molecule has 9 nitrogen and oxygen atoms in total. The highest BCUT2D eigenvalue weighted by Crippen LogP contribution is 2.43. The van der Waals surface area contributed by atoms with E-state index in [0.29, 0.717) is 51.7 Å². The van der Waals surface area contributed by atoms with Crippen molar-refractivity contribution in [1.82, 2.24) is 0 Å². The molecule has 4 aromatic rings. The maximum atomic E-state index is 11.3. The number of hydrogen-bond donors (Lipinski definition) is 4. The lowest BCUT2D eigenvalue weighted by Gasteiger charge is -2.34.